The van der Waals surface area contributed by atoms with E-state index in [1.54, 1.807) is 7.11 Å². The minimum atomic E-state index is -0.658. The van der Waals surface area contributed by atoms with E-state index in [9.17, 15) is 4.79 Å². The highest BCUT2D eigenvalue weighted by atomic mass is 16.5. The Kier molecular flexibility index (Phi) is 4.94. The molecule has 4 nitrogen and oxygen atoms in total. The Morgan fingerprint density at radius 2 is 1.91 bits per heavy atom. The van der Waals surface area contributed by atoms with Gasteiger partial charge in [0.15, 0.2) is 0 Å². The number of benzene rings is 2. The molecule has 0 saturated carbocycles. The van der Waals surface area contributed by atoms with Crippen LogP contribution in [-0.2, 0) is 16.0 Å². The molecule has 2 aromatic carbocycles. The molecule has 4 heteroatoms. The molecule has 0 radical (unpaired) electrons. The van der Waals surface area contributed by atoms with Gasteiger partial charge in [0.05, 0.1) is 0 Å². The zero-order chi connectivity index (χ0) is 16.1. The molecule has 0 aromatic heterocycles. The third-order valence-electron chi connectivity index (χ3n) is 4.73. The maximum atomic E-state index is 12.5. The topological polar surface area (TPSA) is 50.4 Å². The molecule has 0 bridgehead atoms. The monoisotopic (exact) mass is 312 g/mol. The molecule has 122 valence electrons. The van der Waals surface area contributed by atoms with Gasteiger partial charge in [0.1, 0.15) is 5.60 Å². The molecule has 0 atom stereocenters. The summed E-state index contributed by atoms with van der Waals surface area (Å²) in [5, 5.41) is 8.80. The minimum Gasteiger partial charge on any atom is -0.368 e. The second kappa shape index (κ2) is 7.11. The minimum absolute atomic E-state index is 0.0160. The third kappa shape index (κ3) is 3.54. The van der Waals surface area contributed by atoms with Crippen LogP contribution in [0, 0.1) is 0 Å². The molecule has 3 rings (SSSR count). The van der Waals surface area contributed by atoms with E-state index in [0.717, 1.165) is 32.4 Å². The maximum Gasteiger partial charge on any atom is 0.252 e. The van der Waals surface area contributed by atoms with Gasteiger partial charge in [-0.25, -0.2) is 0 Å². The molecule has 1 fully saturated rings. The first kappa shape index (κ1) is 16.0. The van der Waals surface area contributed by atoms with E-state index in [1.165, 1.54) is 16.3 Å². The Morgan fingerprint density at radius 1 is 1.17 bits per heavy atom. The van der Waals surface area contributed by atoms with Crippen molar-refractivity contribution in [3.8, 4) is 0 Å². The summed E-state index contributed by atoms with van der Waals surface area (Å²) in [7, 11) is 1.63. The van der Waals surface area contributed by atoms with Crippen molar-refractivity contribution in [1.29, 1.82) is 0 Å². The zero-order valence-electron chi connectivity index (χ0n) is 13.6. The fourth-order valence-corrected chi connectivity index (χ4v) is 3.23. The van der Waals surface area contributed by atoms with Gasteiger partial charge in [0.25, 0.3) is 5.91 Å². The van der Waals surface area contributed by atoms with Crippen molar-refractivity contribution >= 4 is 16.7 Å². The molecule has 1 aliphatic heterocycles. The molecule has 1 heterocycles. The van der Waals surface area contributed by atoms with Crippen LogP contribution in [0.3, 0.4) is 0 Å². The number of fused-ring (bicyclic) bond motifs is 1. The highest BCUT2D eigenvalue weighted by Gasteiger charge is 2.39. The molecule has 23 heavy (non-hydrogen) atoms. The zero-order valence-corrected chi connectivity index (χ0v) is 13.6. The smallest absolute Gasteiger partial charge is 0.252 e. The highest BCUT2D eigenvalue weighted by molar-refractivity contribution is 5.85. The highest BCUT2D eigenvalue weighted by Crippen LogP contribution is 2.22. The summed E-state index contributed by atoms with van der Waals surface area (Å²) in [5.74, 6) is 0.0160. The quantitative estimate of drug-likeness (QED) is 0.890. The van der Waals surface area contributed by atoms with Crippen molar-refractivity contribution in [1.82, 2.24) is 10.6 Å². The standard InChI is InChI=1S/C19H24N2O2/c1-23-19(9-12-20-13-10-19)18(22)21-11-8-15-6-7-16-4-2-3-5-17(16)14-15/h2-7,14,20H,8-13H2,1H3,(H,21,22). The van der Waals surface area contributed by atoms with Gasteiger partial charge < -0.3 is 15.4 Å². The second-order valence-electron chi connectivity index (χ2n) is 6.14. The van der Waals surface area contributed by atoms with Crippen molar-refractivity contribution in [2.24, 2.45) is 0 Å². The second-order valence-corrected chi connectivity index (χ2v) is 6.14. The Labute approximate surface area is 137 Å². The van der Waals surface area contributed by atoms with Crippen LogP contribution < -0.4 is 10.6 Å². The van der Waals surface area contributed by atoms with Gasteiger partial charge in [-0.15, -0.1) is 0 Å². The maximum absolute atomic E-state index is 12.5. The van der Waals surface area contributed by atoms with Gasteiger partial charge in [0, 0.05) is 13.7 Å². The lowest BCUT2D eigenvalue weighted by Gasteiger charge is -2.34. The van der Waals surface area contributed by atoms with Crippen molar-refractivity contribution in [2.75, 3.05) is 26.7 Å². The molecule has 0 aliphatic carbocycles. The summed E-state index contributed by atoms with van der Waals surface area (Å²) < 4.78 is 5.55. The summed E-state index contributed by atoms with van der Waals surface area (Å²) in [4.78, 5) is 12.5. The summed E-state index contributed by atoms with van der Waals surface area (Å²) in [5.41, 5.74) is 0.579. The molecule has 2 N–H and O–H groups in total. The largest absolute Gasteiger partial charge is 0.368 e. The number of carbonyl (C=O) groups is 1. The number of methoxy groups -OCH3 is 1. The van der Waals surface area contributed by atoms with Gasteiger partial charge >= 0.3 is 0 Å². The van der Waals surface area contributed by atoms with Crippen LogP contribution in [0.4, 0.5) is 0 Å². The van der Waals surface area contributed by atoms with Crippen LogP contribution in [-0.4, -0.2) is 38.3 Å². The van der Waals surface area contributed by atoms with Crippen LogP contribution in [0.5, 0.6) is 0 Å². The van der Waals surface area contributed by atoms with E-state index < -0.39 is 5.60 Å². The van der Waals surface area contributed by atoms with Crippen molar-refractivity contribution in [3.63, 3.8) is 0 Å². The third-order valence-corrected chi connectivity index (χ3v) is 4.73. The van der Waals surface area contributed by atoms with Crippen LogP contribution in [0.25, 0.3) is 10.8 Å². The Balaban J connectivity index is 1.58. The predicted octanol–water partition coefficient (Wildman–Crippen LogP) is 2.27. The predicted molar refractivity (Wildman–Crippen MR) is 92.5 cm³/mol. The average molecular weight is 312 g/mol. The van der Waals surface area contributed by atoms with Crippen molar-refractivity contribution in [3.05, 3.63) is 48.0 Å². The van der Waals surface area contributed by atoms with E-state index in [2.05, 4.69) is 41.0 Å². The Morgan fingerprint density at radius 3 is 2.65 bits per heavy atom. The lowest BCUT2D eigenvalue weighted by molar-refractivity contribution is -0.146. The Hall–Kier alpha value is -1.91. The van der Waals surface area contributed by atoms with Crippen molar-refractivity contribution < 1.29 is 9.53 Å². The molecule has 2 aromatic rings. The van der Waals surface area contributed by atoms with Gasteiger partial charge in [-0.3, -0.25) is 4.79 Å². The molecular formula is C19H24N2O2. The van der Waals surface area contributed by atoms with Gasteiger partial charge in [-0.05, 0) is 48.7 Å². The SMILES string of the molecule is COC1(C(=O)NCCc2ccc3ccccc3c2)CCNCC1. The van der Waals surface area contributed by atoms with E-state index >= 15 is 0 Å². The molecule has 1 saturated heterocycles. The molecule has 0 spiro atoms. The van der Waals surface area contributed by atoms with E-state index in [4.69, 9.17) is 4.74 Å². The lowest BCUT2D eigenvalue weighted by Crippen LogP contribution is -2.54. The Bertz CT molecular complexity index is 678. The lowest BCUT2D eigenvalue weighted by atomic mass is 9.91. The van der Waals surface area contributed by atoms with E-state index in [-0.39, 0.29) is 5.91 Å². The number of rotatable bonds is 5. The van der Waals surface area contributed by atoms with Gasteiger partial charge in [-0.1, -0.05) is 42.5 Å². The summed E-state index contributed by atoms with van der Waals surface area (Å²) in [6.07, 6.45) is 2.28. The van der Waals surface area contributed by atoms with Crippen LogP contribution in [0.15, 0.2) is 42.5 Å². The number of hydrogen-bond donors (Lipinski definition) is 2. The number of carbonyl (C=O) groups excluding carboxylic acids is 1. The van der Waals surface area contributed by atoms with E-state index in [1.807, 2.05) is 12.1 Å². The molecule has 1 amide bonds. The fourth-order valence-electron chi connectivity index (χ4n) is 3.23. The number of amides is 1. The number of ether oxygens (including phenoxy) is 1. The van der Waals surface area contributed by atoms with Crippen LogP contribution >= 0.6 is 0 Å². The van der Waals surface area contributed by atoms with Crippen molar-refractivity contribution in [2.45, 2.75) is 24.9 Å². The van der Waals surface area contributed by atoms with Crippen LogP contribution in [0.2, 0.25) is 0 Å². The summed E-state index contributed by atoms with van der Waals surface area (Å²) in [6, 6.07) is 14.8. The van der Waals surface area contributed by atoms with Crippen LogP contribution in [0.1, 0.15) is 18.4 Å². The number of piperidine rings is 1. The average Bonchev–Trinajstić information content (AvgIpc) is 2.62. The first-order valence-corrected chi connectivity index (χ1v) is 8.25. The number of nitrogens with one attached hydrogen (secondary N) is 2. The molecule has 1 aliphatic rings. The molecular weight excluding hydrogens is 288 g/mol. The van der Waals surface area contributed by atoms with E-state index in [0.29, 0.717) is 6.54 Å². The van der Waals surface area contributed by atoms with Gasteiger partial charge in [-0.2, -0.15) is 0 Å². The first-order valence-electron chi connectivity index (χ1n) is 8.25. The number of hydrogen-bond acceptors (Lipinski definition) is 3. The summed E-state index contributed by atoms with van der Waals surface area (Å²) >= 11 is 0. The van der Waals surface area contributed by atoms with Gasteiger partial charge in [0.2, 0.25) is 0 Å². The first-order chi connectivity index (χ1) is 11.2. The molecule has 0 unspecified atom stereocenters. The fraction of sp³-hybridized carbons (Fsp3) is 0.421. The normalized spacial score (nSPS) is 17.1. The summed E-state index contributed by atoms with van der Waals surface area (Å²) in [6.45, 7) is 2.29.